The fourth-order valence-electron chi connectivity index (χ4n) is 1.52. The second-order valence-electron chi connectivity index (χ2n) is 3.49. The van der Waals surface area contributed by atoms with E-state index in [-0.39, 0.29) is 0 Å². The first-order valence-electron chi connectivity index (χ1n) is 5.43. The number of rotatable bonds is 4. The Labute approximate surface area is 94.7 Å². The number of hydrogen-bond donors (Lipinski definition) is 1. The van der Waals surface area contributed by atoms with E-state index in [1.165, 1.54) is 0 Å². The summed E-state index contributed by atoms with van der Waals surface area (Å²) in [7, 11) is 0. The maximum absolute atomic E-state index is 5.40. The Kier molecular flexibility index (Phi) is 3.53. The maximum atomic E-state index is 5.40. The summed E-state index contributed by atoms with van der Waals surface area (Å²) >= 11 is 0. The number of ether oxygens (including phenoxy) is 1. The van der Waals surface area contributed by atoms with Gasteiger partial charge in [0.1, 0.15) is 5.76 Å². The molecular weight excluding hydrogens is 202 g/mol. The van der Waals surface area contributed by atoms with Crippen molar-refractivity contribution >= 4 is 6.21 Å². The molecule has 0 aromatic carbocycles. The molecule has 0 bridgehead atoms. The van der Waals surface area contributed by atoms with Gasteiger partial charge in [0.25, 0.3) is 0 Å². The molecule has 1 aliphatic rings. The smallest absolute Gasteiger partial charge is 0.133 e. The molecule has 0 fully saturated rings. The number of aliphatic imine (C=N–C) groups is 1. The molecule has 0 spiro atoms. The van der Waals surface area contributed by atoms with E-state index in [1.54, 1.807) is 12.4 Å². The lowest BCUT2D eigenvalue weighted by molar-refractivity contribution is 0.250. The number of allylic oxidation sites excluding steroid dienone is 4. The van der Waals surface area contributed by atoms with Crippen LogP contribution in [0.25, 0.3) is 0 Å². The van der Waals surface area contributed by atoms with Crippen LogP contribution in [0.5, 0.6) is 0 Å². The van der Waals surface area contributed by atoms with Gasteiger partial charge in [-0.05, 0) is 25.5 Å². The van der Waals surface area contributed by atoms with Crippen LogP contribution in [-0.2, 0) is 11.2 Å². The van der Waals surface area contributed by atoms with Gasteiger partial charge in [-0.3, -0.25) is 10.1 Å². The van der Waals surface area contributed by atoms with Crippen molar-refractivity contribution in [2.75, 3.05) is 6.61 Å². The zero-order valence-electron chi connectivity index (χ0n) is 9.31. The number of aromatic amines is 1. The summed E-state index contributed by atoms with van der Waals surface area (Å²) in [5, 5.41) is 6.84. The minimum absolute atomic E-state index is 0.674. The lowest BCUT2D eigenvalue weighted by atomic mass is 10.2. The van der Waals surface area contributed by atoms with Crippen molar-refractivity contribution in [1.82, 2.24) is 10.2 Å². The average molecular weight is 217 g/mol. The Morgan fingerprint density at radius 2 is 2.38 bits per heavy atom. The predicted octanol–water partition coefficient (Wildman–Crippen LogP) is 2.23. The van der Waals surface area contributed by atoms with Crippen molar-refractivity contribution < 1.29 is 4.74 Å². The van der Waals surface area contributed by atoms with Crippen LogP contribution in [-0.4, -0.2) is 23.0 Å². The topological polar surface area (TPSA) is 50.3 Å². The van der Waals surface area contributed by atoms with Crippen LogP contribution in [0.2, 0.25) is 0 Å². The fraction of sp³-hybridized carbons (Fsp3) is 0.333. The van der Waals surface area contributed by atoms with Crippen molar-refractivity contribution in [3.8, 4) is 0 Å². The highest BCUT2D eigenvalue weighted by Crippen LogP contribution is 2.12. The monoisotopic (exact) mass is 217 g/mol. The molecule has 1 aromatic rings. The molecule has 1 aromatic heterocycles. The quantitative estimate of drug-likeness (QED) is 0.840. The highest BCUT2D eigenvalue weighted by molar-refractivity contribution is 5.77. The van der Waals surface area contributed by atoms with Gasteiger partial charge < -0.3 is 4.74 Å². The van der Waals surface area contributed by atoms with Crippen molar-refractivity contribution in [2.45, 2.75) is 19.8 Å². The summed E-state index contributed by atoms with van der Waals surface area (Å²) in [5.74, 6) is 0.846. The van der Waals surface area contributed by atoms with E-state index in [0.717, 1.165) is 30.0 Å². The highest BCUT2D eigenvalue weighted by Gasteiger charge is 2.02. The van der Waals surface area contributed by atoms with E-state index in [2.05, 4.69) is 21.3 Å². The molecule has 0 radical (unpaired) electrons. The Hall–Kier alpha value is -1.84. The Morgan fingerprint density at radius 1 is 1.44 bits per heavy atom. The van der Waals surface area contributed by atoms with E-state index in [4.69, 9.17) is 4.74 Å². The number of hydrogen-bond acceptors (Lipinski definition) is 3. The summed E-state index contributed by atoms with van der Waals surface area (Å²) < 4.78 is 5.40. The fourth-order valence-corrected chi connectivity index (χ4v) is 1.52. The average Bonchev–Trinajstić information content (AvgIpc) is 2.68. The number of H-pyrrole nitrogens is 1. The van der Waals surface area contributed by atoms with Crippen LogP contribution in [0.1, 0.15) is 19.0 Å². The normalized spacial score (nSPS) is 15.3. The van der Waals surface area contributed by atoms with Crippen LogP contribution in [0.3, 0.4) is 0 Å². The van der Waals surface area contributed by atoms with Crippen molar-refractivity contribution in [2.24, 2.45) is 4.99 Å². The van der Waals surface area contributed by atoms with Crippen LogP contribution in [0.4, 0.5) is 0 Å². The molecule has 2 heterocycles. The summed E-state index contributed by atoms with van der Waals surface area (Å²) in [6, 6.07) is 1.96. The lowest BCUT2D eigenvalue weighted by Crippen LogP contribution is -1.93. The summed E-state index contributed by atoms with van der Waals surface area (Å²) in [5.41, 5.74) is 2.11. The van der Waals surface area contributed by atoms with Gasteiger partial charge >= 0.3 is 0 Å². The molecule has 0 atom stereocenters. The first-order chi connectivity index (χ1) is 7.88. The predicted molar refractivity (Wildman–Crippen MR) is 63.2 cm³/mol. The summed E-state index contributed by atoms with van der Waals surface area (Å²) in [4.78, 5) is 4.39. The molecule has 16 heavy (non-hydrogen) atoms. The van der Waals surface area contributed by atoms with Crippen LogP contribution < -0.4 is 0 Å². The summed E-state index contributed by atoms with van der Waals surface area (Å²) in [6.45, 7) is 2.65. The molecule has 2 rings (SSSR count). The van der Waals surface area contributed by atoms with Gasteiger partial charge in [-0.1, -0.05) is 6.08 Å². The SMILES string of the molecule is CCOC1=CCC=C(Cc2ccn[nH]2)N=C1. The lowest BCUT2D eigenvalue weighted by Gasteiger charge is -2.00. The van der Waals surface area contributed by atoms with E-state index >= 15 is 0 Å². The van der Waals surface area contributed by atoms with Gasteiger partial charge in [0.15, 0.2) is 0 Å². The Bertz CT molecular complexity index is 415. The minimum Gasteiger partial charge on any atom is -0.493 e. The first kappa shape index (κ1) is 10.7. The molecule has 0 amide bonds. The van der Waals surface area contributed by atoms with Crippen LogP contribution >= 0.6 is 0 Å². The van der Waals surface area contributed by atoms with Crippen molar-refractivity contribution in [3.05, 3.63) is 41.6 Å². The van der Waals surface area contributed by atoms with E-state index in [9.17, 15) is 0 Å². The Morgan fingerprint density at radius 3 is 3.12 bits per heavy atom. The number of nitrogens with one attached hydrogen (secondary N) is 1. The molecule has 0 saturated heterocycles. The van der Waals surface area contributed by atoms with E-state index < -0.39 is 0 Å². The van der Waals surface area contributed by atoms with Crippen molar-refractivity contribution in [1.29, 1.82) is 0 Å². The van der Waals surface area contributed by atoms with Crippen molar-refractivity contribution in [3.63, 3.8) is 0 Å². The highest BCUT2D eigenvalue weighted by atomic mass is 16.5. The standard InChI is InChI=1S/C12H15N3O/c1-2-16-12-5-3-4-10(13-9-12)8-11-6-7-14-15-11/h4-7,9H,2-3,8H2,1H3,(H,14,15). The Balaban J connectivity index is 1.99. The van der Waals surface area contributed by atoms with Crippen LogP contribution in [0, 0.1) is 0 Å². The summed E-state index contributed by atoms with van der Waals surface area (Å²) in [6.07, 6.45) is 9.30. The second-order valence-corrected chi connectivity index (χ2v) is 3.49. The van der Waals surface area contributed by atoms with Gasteiger partial charge in [0.05, 0.1) is 12.8 Å². The molecule has 84 valence electrons. The van der Waals surface area contributed by atoms with E-state index in [1.807, 2.05) is 19.1 Å². The number of aromatic nitrogens is 2. The zero-order valence-corrected chi connectivity index (χ0v) is 9.31. The molecule has 4 heteroatoms. The minimum atomic E-state index is 0.674. The molecule has 4 nitrogen and oxygen atoms in total. The molecule has 0 saturated carbocycles. The second kappa shape index (κ2) is 5.30. The molecule has 1 aliphatic heterocycles. The molecule has 0 unspecified atom stereocenters. The largest absolute Gasteiger partial charge is 0.493 e. The zero-order chi connectivity index (χ0) is 11.2. The molecular formula is C12H15N3O. The van der Waals surface area contributed by atoms with Crippen LogP contribution in [0.15, 0.2) is 40.9 Å². The van der Waals surface area contributed by atoms with E-state index in [0.29, 0.717) is 6.61 Å². The molecule has 1 N–H and O–H groups in total. The third-order valence-corrected chi connectivity index (χ3v) is 2.27. The van der Waals surface area contributed by atoms with Gasteiger partial charge in [-0.2, -0.15) is 5.10 Å². The molecule has 0 aliphatic carbocycles. The third kappa shape index (κ3) is 2.82. The van der Waals surface area contributed by atoms with Gasteiger partial charge in [-0.15, -0.1) is 0 Å². The number of nitrogens with zero attached hydrogens (tertiary/aromatic N) is 2. The van der Waals surface area contributed by atoms with Gasteiger partial charge in [0.2, 0.25) is 0 Å². The third-order valence-electron chi connectivity index (χ3n) is 2.27. The maximum Gasteiger partial charge on any atom is 0.133 e. The van der Waals surface area contributed by atoms with Gasteiger partial charge in [0, 0.05) is 24.0 Å². The van der Waals surface area contributed by atoms with Gasteiger partial charge in [-0.25, -0.2) is 0 Å². The first-order valence-corrected chi connectivity index (χ1v) is 5.43.